The van der Waals surface area contributed by atoms with E-state index >= 15 is 0 Å². The Morgan fingerprint density at radius 2 is 1.56 bits per heavy atom. The van der Waals surface area contributed by atoms with E-state index in [2.05, 4.69) is 36.5 Å². The van der Waals surface area contributed by atoms with Gasteiger partial charge < -0.3 is 14.8 Å². The van der Waals surface area contributed by atoms with Crippen molar-refractivity contribution >= 4 is 12.2 Å². The molecule has 0 heterocycles. The first-order valence-corrected chi connectivity index (χ1v) is 12.2. The SMILES string of the molecule is CCCCCCOc1ccc(C=CCNC(=O)OCC2c3ccccc3-c3ccccc32)cc1. The number of ether oxygens (including phenoxy) is 2. The first-order chi connectivity index (χ1) is 16.8. The Kier molecular flexibility index (Phi) is 8.39. The molecule has 4 heteroatoms. The third kappa shape index (κ3) is 6.07. The molecule has 3 aromatic carbocycles. The zero-order valence-corrected chi connectivity index (χ0v) is 19.8. The lowest BCUT2D eigenvalue weighted by Gasteiger charge is -2.14. The normalized spacial score (nSPS) is 12.4. The number of fused-ring (bicyclic) bond motifs is 3. The van der Waals surface area contributed by atoms with Gasteiger partial charge in [0.05, 0.1) is 6.61 Å². The summed E-state index contributed by atoms with van der Waals surface area (Å²) < 4.78 is 11.3. The van der Waals surface area contributed by atoms with Crippen LogP contribution in [0.1, 0.15) is 55.2 Å². The molecule has 4 nitrogen and oxygen atoms in total. The highest BCUT2D eigenvalue weighted by Gasteiger charge is 2.28. The lowest BCUT2D eigenvalue weighted by atomic mass is 9.98. The fraction of sp³-hybridized carbons (Fsp3) is 0.300. The molecule has 3 aromatic rings. The molecule has 1 aliphatic rings. The first kappa shape index (κ1) is 23.6. The molecule has 1 aliphatic carbocycles. The molecule has 176 valence electrons. The monoisotopic (exact) mass is 455 g/mol. The largest absolute Gasteiger partial charge is 0.494 e. The molecule has 4 rings (SSSR count). The van der Waals surface area contributed by atoms with Crippen LogP contribution < -0.4 is 10.1 Å². The van der Waals surface area contributed by atoms with E-state index in [0.717, 1.165) is 24.3 Å². The quantitative estimate of drug-likeness (QED) is 0.311. The smallest absolute Gasteiger partial charge is 0.407 e. The molecule has 0 saturated carbocycles. The minimum absolute atomic E-state index is 0.0704. The number of benzene rings is 3. The number of hydrogen-bond donors (Lipinski definition) is 1. The third-order valence-electron chi connectivity index (χ3n) is 6.16. The molecule has 1 amide bonds. The Labute approximate surface area is 202 Å². The molecule has 0 atom stereocenters. The van der Waals surface area contributed by atoms with Crippen molar-refractivity contribution in [3.8, 4) is 16.9 Å². The summed E-state index contributed by atoms with van der Waals surface area (Å²) in [5, 5.41) is 2.81. The minimum Gasteiger partial charge on any atom is -0.494 e. The van der Waals surface area contributed by atoms with Gasteiger partial charge in [0, 0.05) is 12.5 Å². The summed E-state index contributed by atoms with van der Waals surface area (Å²) >= 11 is 0. The summed E-state index contributed by atoms with van der Waals surface area (Å²) in [7, 11) is 0. The fourth-order valence-corrected chi connectivity index (χ4v) is 4.38. The van der Waals surface area contributed by atoms with Crippen molar-refractivity contribution in [1.29, 1.82) is 0 Å². The number of amides is 1. The van der Waals surface area contributed by atoms with Crippen LogP contribution in [0.2, 0.25) is 0 Å². The minimum atomic E-state index is -0.404. The second kappa shape index (κ2) is 12.1. The van der Waals surface area contributed by atoms with Gasteiger partial charge in [0.2, 0.25) is 0 Å². The van der Waals surface area contributed by atoms with Crippen LogP contribution in [0.5, 0.6) is 5.75 Å². The zero-order valence-electron chi connectivity index (χ0n) is 19.8. The third-order valence-corrected chi connectivity index (χ3v) is 6.16. The maximum absolute atomic E-state index is 12.3. The van der Waals surface area contributed by atoms with Crippen LogP contribution in [0.3, 0.4) is 0 Å². The molecule has 0 aromatic heterocycles. The highest BCUT2D eigenvalue weighted by atomic mass is 16.5. The van der Waals surface area contributed by atoms with Crippen LogP contribution in [0.25, 0.3) is 17.2 Å². The van der Waals surface area contributed by atoms with Crippen molar-refractivity contribution in [3.05, 3.63) is 95.6 Å². The number of unbranched alkanes of at least 4 members (excludes halogenated alkanes) is 3. The molecule has 34 heavy (non-hydrogen) atoms. The standard InChI is InChI=1S/C30H33NO3/c1-2-3-4-9-21-33-24-18-16-23(17-19-24)11-10-20-31-30(32)34-22-29-27-14-7-5-12-25(27)26-13-6-8-15-28(26)29/h5-8,10-19,29H,2-4,9,20-22H2,1H3,(H,31,32). The Bertz CT molecular complexity index is 1060. The molecule has 0 aliphatic heterocycles. The second-order valence-corrected chi connectivity index (χ2v) is 8.59. The van der Waals surface area contributed by atoms with E-state index in [1.54, 1.807) is 0 Å². The first-order valence-electron chi connectivity index (χ1n) is 12.2. The molecule has 0 radical (unpaired) electrons. The predicted molar refractivity (Wildman–Crippen MR) is 138 cm³/mol. The molecule has 0 spiro atoms. The summed E-state index contributed by atoms with van der Waals surface area (Å²) in [5.41, 5.74) is 5.94. The van der Waals surface area contributed by atoms with E-state index in [0.29, 0.717) is 13.2 Å². The van der Waals surface area contributed by atoms with Crippen LogP contribution in [-0.4, -0.2) is 25.9 Å². The van der Waals surface area contributed by atoms with Gasteiger partial charge in [-0.15, -0.1) is 0 Å². The molecule has 1 N–H and O–H groups in total. The van der Waals surface area contributed by atoms with Crippen molar-refractivity contribution in [3.63, 3.8) is 0 Å². The van der Waals surface area contributed by atoms with Crippen LogP contribution in [0.4, 0.5) is 4.79 Å². The van der Waals surface area contributed by atoms with Crippen molar-refractivity contribution in [1.82, 2.24) is 5.32 Å². The van der Waals surface area contributed by atoms with Crippen molar-refractivity contribution in [2.45, 2.75) is 38.5 Å². The van der Waals surface area contributed by atoms with Gasteiger partial charge in [-0.05, 0) is 46.4 Å². The van der Waals surface area contributed by atoms with Gasteiger partial charge in [0.1, 0.15) is 12.4 Å². The number of rotatable bonds is 11. The molecular weight excluding hydrogens is 422 g/mol. The van der Waals surface area contributed by atoms with Gasteiger partial charge in [-0.3, -0.25) is 0 Å². The van der Waals surface area contributed by atoms with Crippen LogP contribution in [0.15, 0.2) is 78.9 Å². The van der Waals surface area contributed by atoms with Gasteiger partial charge in [0.25, 0.3) is 0 Å². The maximum Gasteiger partial charge on any atom is 0.407 e. The Hall–Kier alpha value is -3.53. The summed E-state index contributed by atoms with van der Waals surface area (Å²) in [5.74, 6) is 0.964. The molecule has 0 unspecified atom stereocenters. The van der Waals surface area contributed by atoms with Crippen molar-refractivity contribution < 1.29 is 14.3 Å². The zero-order chi connectivity index (χ0) is 23.6. The van der Waals surface area contributed by atoms with E-state index in [-0.39, 0.29) is 5.92 Å². The maximum atomic E-state index is 12.3. The highest BCUT2D eigenvalue weighted by molar-refractivity contribution is 5.79. The molecular formula is C30H33NO3. The van der Waals surface area contributed by atoms with Gasteiger partial charge in [-0.1, -0.05) is 99.0 Å². The van der Waals surface area contributed by atoms with Gasteiger partial charge in [-0.2, -0.15) is 0 Å². The summed E-state index contributed by atoms with van der Waals surface area (Å²) in [6.07, 6.45) is 8.30. The molecule has 0 bridgehead atoms. The van der Waals surface area contributed by atoms with E-state index in [1.807, 2.05) is 60.7 Å². The molecule has 0 fully saturated rings. The number of carbonyl (C=O) groups excluding carboxylic acids is 1. The number of alkyl carbamates (subject to hydrolysis) is 1. The lowest BCUT2D eigenvalue weighted by Crippen LogP contribution is -2.26. The topological polar surface area (TPSA) is 47.6 Å². The summed E-state index contributed by atoms with van der Waals surface area (Å²) in [4.78, 5) is 12.3. The van der Waals surface area contributed by atoms with Gasteiger partial charge in [0.15, 0.2) is 0 Å². The van der Waals surface area contributed by atoms with Gasteiger partial charge in [-0.25, -0.2) is 4.79 Å². The number of hydrogen-bond acceptors (Lipinski definition) is 3. The Balaban J connectivity index is 1.20. The fourth-order valence-electron chi connectivity index (χ4n) is 4.38. The Morgan fingerprint density at radius 1 is 0.882 bits per heavy atom. The van der Waals surface area contributed by atoms with Crippen molar-refractivity contribution in [2.75, 3.05) is 19.8 Å². The number of carbonyl (C=O) groups is 1. The van der Waals surface area contributed by atoms with Crippen LogP contribution in [0, 0.1) is 0 Å². The van der Waals surface area contributed by atoms with Gasteiger partial charge >= 0.3 is 6.09 Å². The predicted octanol–water partition coefficient (Wildman–Crippen LogP) is 7.20. The van der Waals surface area contributed by atoms with Crippen LogP contribution >= 0.6 is 0 Å². The van der Waals surface area contributed by atoms with Crippen molar-refractivity contribution in [2.24, 2.45) is 0 Å². The Morgan fingerprint density at radius 3 is 2.24 bits per heavy atom. The second-order valence-electron chi connectivity index (χ2n) is 8.59. The van der Waals surface area contributed by atoms with E-state index in [9.17, 15) is 4.79 Å². The van der Waals surface area contributed by atoms with E-state index in [1.165, 1.54) is 41.5 Å². The molecule has 0 saturated heterocycles. The van der Waals surface area contributed by atoms with Crippen LogP contribution in [-0.2, 0) is 4.74 Å². The summed E-state index contributed by atoms with van der Waals surface area (Å²) in [6, 6.07) is 24.7. The summed E-state index contributed by atoms with van der Waals surface area (Å²) in [6.45, 7) is 3.70. The average Bonchev–Trinajstić information content (AvgIpc) is 3.20. The van der Waals surface area contributed by atoms with E-state index in [4.69, 9.17) is 9.47 Å². The number of nitrogens with one attached hydrogen (secondary N) is 1. The average molecular weight is 456 g/mol. The lowest BCUT2D eigenvalue weighted by molar-refractivity contribution is 0.144. The highest BCUT2D eigenvalue weighted by Crippen LogP contribution is 2.44. The van der Waals surface area contributed by atoms with E-state index < -0.39 is 6.09 Å².